The van der Waals surface area contributed by atoms with Crippen LogP contribution in [0.5, 0.6) is 5.75 Å². The van der Waals surface area contributed by atoms with Crippen LogP contribution >= 0.6 is 0 Å². The van der Waals surface area contributed by atoms with E-state index in [1.54, 1.807) is 18.2 Å². The molecule has 3 unspecified atom stereocenters. The minimum absolute atomic E-state index is 0.731. The second-order valence-corrected chi connectivity index (χ2v) is 8.18. The van der Waals surface area contributed by atoms with Gasteiger partial charge in [-0.05, 0) is 86.0 Å². The van der Waals surface area contributed by atoms with E-state index in [4.69, 9.17) is 4.74 Å². The van der Waals surface area contributed by atoms with Gasteiger partial charge in [0.15, 0.2) is 0 Å². The average molecular weight is 387 g/mol. The van der Waals surface area contributed by atoms with Crippen molar-refractivity contribution in [1.82, 2.24) is 0 Å². The van der Waals surface area contributed by atoms with E-state index in [-0.39, 0.29) is 0 Å². The maximum absolute atomic E-state index is 5.45. The number of ether oxygens (including phenoxy) is 1. The lowest BCUT2D eigenvalue weighted by molar-refractivity contribution is 0.242. The maximum Gasteiger partial charge on any atom is 0.119 e. The van der Waals surface area contributed by atoms with Gasteiger partial charge in [-0.2, -0.15) is 0 Å². The number of methoxy groups -OCH3 is 1. The van der Waals surface area contributed by atoms with Crippen molar-refractivity contribution in [2.45, 2.75) is 105 Å². The molecule has 0 bridgehead atoms. The normalized spacial score (nSPS) is 20.0. The molecule has 0 saturated carbocycles. The van der Waals surface area contributed by atoms with Crippen molar-refractivity contribution in [2.24, 2.45) is 11.8 Å². The average Bonchev–Trinajstić information content (AvgIpc) is 2.75. The highest BCUT2D eigenvalue weighted by molar-refractivity contribution is 5.40. The van der Waals surface area contributed by atoms with Gasteiger partial charge in [0.25, 0.3) is 0 Å². The second kappa shape index (κ2) is 13.9. The first kappa shape index (κ1) is 24.8. The van der Waals surface area contributed by atoms with Gasteiger partial charge >= 0.3 is 0 Å². The van der Waals surface area contributed by atoms with Crippen molar-refractivity contribution in [1.29, 1.82) is 0 Å². The Morgan fingerprint density at radius 2 is 1.93 bits per heavy atom. The molecular weight excluding hydrogens is 340 g/mol. The standard InChI is InChI=1S/C25H40O.C2H6/c1-6-9-11-20(8-3)13-12-19(4)23-16-14-21-18-22(26-5)15-17-24(21)25(23)10-7-2;1-2/h11,15,17-19,23,25H,6-10,12-14,16H2,1-5H3;1-2H3/b20-11+;. The molecule has 1 nitrogen and oxygen atoms in total. The lowest BCUT2D eigenvalue weighted by atomic mass is 9.67. The van der Waals surface area contributed by atoms with Crippen LogP contribution in [0.1, 0.15) is 110 Å². The Balaban J connectivity index is 0.00000190. The van der Waals surface area contributed by atoms with Crippen LogP contribution in [0.15, 0.2) is 29.8 Å². The van der Waals surface area contributed by atoms with Crippen LogP contribution in [0.3, 0.4) is 0 Å². The summed E-state index contributed by atoms with van der Waals surface area (Å²) in [6.07, 6.45) is 14.0. The molecule has 0 radical (unpaired) electrons. The zero-order valence-electron chi connectivity index (χ0n) is 19.8. The fourth-order valence-electron chi connectivity index (χ4n) is 4.80. The summed E-state index contributed by atoms with van der Waals surface area (Å²) in [5.41, 5.74) is 4.81. The first-order valence-electron chi connectivity index (χ1n) is 12.0. The molecule has 0 saturated heterocycles. The highest BCUT2D eigenvalue weighted by Crippen LogP contribution is 2.45. The fraction of sp³-hybridized carbons (Fsp3) is 0.704. The third-order valence-corrected chi connectivity index (χ3v) is 6.44. The van der Waals surface area contributed by atoms with Gasteiger partial charge < -0.3 is 4.74 Å². The Hall–Kier alpha value is -1.24. The van der Waals surface area contributed by atoms with Gasteiger partial charge in [0, 0.05) is 0 Å². The maximum atomic E-state index is 5.45. The number of hydrogen-bond donors (Lipinski definition) is 0. The molecule has 0 fully saturated rings. The molecule has 28 heavy (non-hydrogen) atoms. The zero-order valence-corrected chi connectivity index (χ0v) is 19.8. The minimum atomic E-state index is 0.731. The van der Waals surface area contributed by atoms with E-state index < -0.39 is 0 Å². The Morgan fingerprint density at radius 3 is 2.54 bits per heavy atom. The summed E-state index contributed by atoms with van der Waals surface area (Å²) < 4.78 is 5.45. The van der Waals surface area contributed by atoms with E-state index in [2.05, 4.69) is 52.0 Å². The number of fused-ring (bicyclic) bond motifs is 1. The predicted octanol–water partition coefficient (Wildman–Crippen LogP) is 8.72. The molecule has 1 aliphatic carbocycles. The Morgan fingerprint density at radius 1 is 1.18 bits per heavy atom. The van der Waals surface area contributed by atoms with Gasteiger partial charge in [0.1, 0.15) is 5.75 Å². The molecule has 1 aromatic carbocycles. The number of unbranched alkanes of at least 4 members (excludes halogenated alkanes) is 1. The highest BCUT2D eigenvalue weighted by Gasteiger charge is 2.32. The molecule has 160 valence electrons. The van der Waals surface area contributed by atoms with Crippen molar-refractivity contribution < 1.29 is 4.74 Å². The van der Waals surface area contributed by atoms with Gasteiger partial charge in [0.2, 0.25) is 0 Å². The molecule has 0 spiro atoms. The number of benzene rings is 1. The van der Waals surface area contributed by atoms with Crippen LogP contribution in [0.2, 0.25) is 0 Å². The lowest BCUT2D eigenvalue weighted by Gasteiger charge is -2.38. The van der Waals surface area contributed by atoms with Crippen molar-refractivity contribution in [2.75, 3.05) is 7.11 Å². The van der Waals surface area contributed by atoms with Crippen LogP contribution < -0.4 is 4.74 Å². The number of hydrogen-bond acceptors (Lipinski definition) is 1. The van der Waals surface area contributed by atoms with Gasteiger partial charge in [-0.25, -0.2) is 0 Å². The molecule has 1 aliphatic rings. The SMILES string of the molecule is CC.CCC/C=C(\CC)CCC(C)C1CCc2cc(OC)ccc2C1CCC. The molecule has 0 aromatic heterocycles. The Kier molecular flexibility index (Phi) is 12.3. The predicted molar refractivity (Wildman–Crippen MR) is 125 cm³/mol. The summed E-state index contributed by atoms with van der Waals surface area (Å²) in [6.45, 7) is 13.4. The summed E-state index contributed by atoms with van der Waals surface area (Å²) in [5, 5.41) is 0. The largest absolute Gasteiger partial charge is 0.497 e. The van der Waals surface area contributed by atoms with E-state index in [1.807, 2.05) is 13.8 Å². The second-order valence-electron chi connectivity index (χ2n) is 8.18. The van der Waals surface area contributed by atoms with E-state index in [0.717, 1.165) is 23.5 Å². The molecular formula is C27H46O. The van der Waals surface area contributed by atoms with Crippen molar-refractivity contribution in [3.63, 3.8) is 0 Å². The van der Waals surface area contributed by atoms with Crippen LogP contribution in [-0.4, -0.2) is 7.11 Å². The van der Waals surface area contributed by atoms with Gasteiger partial charge in [-0.15, -0.1) is 0 Å². The first-order chi connectivity index (χ1) is 13.6. The highest BCUT2D eigenvalue weighted by atomic mass is 16.5. The summed E-state index contributed by atoms with van der Waals surface area (Å²) in [6, 6.07) is 6.80. The molecule has 1 aromatic rings. The molecule has 0 amide bonds. The summed E-state index contributed by atoms with van der Waals surface area (Å²) in [4.78, 5) is 0. The minimum Gasteiger partial charge on any atom is -0.497 e. The summed E-state index contributed by atoms with van der Waals surface area (Å²) in [7, 11) is 1.77. The zero-order chi connectivity index (χ0) is 20.9. The lowest BCUT2D eigenvalue weighted by Crippen LogP contribution is -2.26. The van der Waals surface area contributed by atoms with Crippen molar-refractivity contribution in [3.8, 4) is 5.75 Å². The first-order valence-corrected chi connectivity index (χ1v) is 12.0. The number of allylic oxidation sites excluding steroid dienone is 2. The third-order valence-electron chi connectivity index (χ3n) is 6.44. The van der Waals surface area contributed by atoms with E-state index >= 15 is 0 Å². The van der Waals surface area contributed by atoms with E-state index in [0.29, 0.717) is 0 Å². The molecule has 3 atom stereocenters. The quantitative estimate of drug-likeness (QED) is 0.365. The molecule has 2 rings (SSSR count). The monoisotopic (exact) mass is 386 g/mol. The number of rotatable bonds is 10. The van der Waals surface area contributed by atoms with Gasteiger partial charge in [-0.3, -0.25) is 0 Å². The third kappa shape index (κ3) is 6.98. The summed E-state index contributed by atoms with van der Waals surface area (Å²) >= 11 is 0. The van der Waals surface area contributed by atoms with Gasteiger partial charge in [0.05, 0.1) is 7.11 Å². The molecule has 0 aliphatic heterocycles. The van der Waals surface area contributed by atoms with Crippen LogP contribution in [0.4, 0.5) is 0 Å². The van der Waals surface area contributed by atoms with E-state index in [9.17, 15) is 0 Å². The molecule has 0 N–H and O–H groups in total. The number of aryl methyl sites for hydroxylation is 1. The van der Waals surface area contributed by atoms with Crippen LogP contribution in [0, 0.1) is 11.8 Å². The van der Waals surface area contributed by atoms with Gasteiger partial charge in [-0.1, -0.05) is 72.1 Å². The smallest absolute Gasteiger partial charge is 0.119 e. The van der Waals surface area contributed by atoms with Crippen LogP contribution in [0.25, 0.3) is 0 Å². The topological polar surface area (TPSA) is 9.23 Å². The summed E-state index contributed by atoms with van der Waals surface area (Å²) in [5.74, 6) is 3.38. The van der Waals surface area contributed by atoms with E-state index in [1.165, 1.54) is 63.4 Å². The van der Waals surface area contributed by atoms with Crippen molar-refractivity contribution >= 4 is 0 Å². The molecule has 1 heteroatoms. The Labute approximate surface area is 176 Å². The van der Waals surface area contributed by atoms with Crippen LogP contribution in [-0.2, 0) is 6.42 Å². The Bertz CT molecular complexity index is 572. The fourth-order valence-corrected chi connectivity index (χ4v) is 4.80. The van der Waals surface area contributed by atoms with Crippen molar-refractivity contribution in [3.05, 3.63) is 41.0 Å². The molecule has 0 heterocycles.